The van der Waals surface area contributed by atoms with Crippen molar-refractivity contribution in [3.8, 4) is 0 Å². The lowest BCUT2D eigenvalue weighted by molar-refractivity contribution is -0.117. The molecule has 0 radical (unpaired) electrons. The monoisotopic (exact) mass is 265 g/mol. The summed E-state index contributed by atoms with van der Waals surface area (Å²) in [4.78, 5) is 12.3. The van der Waals surface area contributed by atoms with Crippen molar-refractivity contribution in [2.45, 2.75) is 25.7 Å². The van der Waals surface area contributed by atoms with Crippen molar-refractivity contribution in [1.29, 1.82) is 0 Å². The summed E-state index contributed by atoms with van der Waals surface area (Å²) in [6, 6.07) is 18.3. The fourth-order valence-electron chi connectivity index (χ4n) is 2.73. The molecule has 0 saturated heterocycles. The highest BCUT2D eigenvalue weighted by Gasteiger charge is 2.43. The molecule has 1 N–H and O–H groups in total. The molecule has 0 spiro atoms. The van der Waals surface area contributed by atoms with Crippen molar-refractivity contribution in [3.63, 3.8) is 0 Å². The van der Waals surface area contributed by atoms with E-state index >= 15 is 0 Å². The number of anilines is 1. The van der Waals surface area contributed by atoms with E-state index in [-0.39, 0.29) is 11.8 Å². The van der Waals surface area contributed by atoms with Crippen molar-refractivity contribution in [2.24, 2.45) is 5.92 Å². The molecule has 2 nitrogen and oxygen atoms in total. The predicted octanol–water partition coefficient (Wildman–Crippen LogP) is 3.99. The third kappa shape index (κ3) is 2.60. The average molecular weight is 265 g/mol. The van der Waals surface area contributed by atoms with Gasteiger partial charge in [-0.2, -0.15) is 0 Å². The fourth-order valence-corrected chi connectivity index (χ4v) is 2.73. The van der Waals surface area contributed by atoms with Crippen LogP contribution in [0.15, 0.2) is 54.6 Å². The van der Waals surface area contributed by atoms with E-state index in [1.165, 1.54) is 11.1 Å². The van der Waals surface area contributed by atoms with Crippen LogP contribution in [-0.2, 0) is 11.2 Å². The second-order valence-electron chi connectivity index (χ2n) is 5.36. The van der Waals surface area contributed by atoms with Gasteiger partial charge in [-0.25, -0.2) is 0 Å². The molecule has 0 heterocycles. The number of rotatable bonds is 4. The molecule has 2 heteroatoms. The second-order valence-corrected chi connectivity index (χ2v) is 5.36. The SMILES string of the molecule is CCc1ccccc1NC(=O)C1CC1c1ccccc1. The zero-order chi connectivity index (χ0) is 13.9. The quantitative estimate of drug-likeness (QED) is 0.889. The Bertz CT molecular complexity index is 606. The number of benzene rings is 2. The van der Waals surface area contributed by atoms with Gasteiger partial charge in [0, 0.05) is 11.6 Å². The topological polar surface area (TPSA) is 29.1 Å². The van der Waals surface area contributed by atoms with Gasteiger partial charge in [-0.1, -0.05) is 55.5 Å². The van der Waals surface area contributed by atoms with Crippen LogP contribution >= 0.6 is 0 Å². The number of carbonyl (C=O) groups is 1. The summed E-state index contributed by atoms with van der Waals surface area (Å²) in [5.74, 6) is 0.673. The molecular weight excluding hydrogens is 246 g/mol. The van der Waals surface area contributed by atoms with E-state index in [9.17, 15) is 4.79 Å². The lowest BCUT2D eigenvalue weighted by Gasteiger charge is -2.09. The highest BCUT2D eigenvalue weighted by atomic mass is 16.2. The zero-order valence-electron chi connectivity index (χ0n) is 11.7. The molecule has 1 aliphatic rings. The smallest absolute Gasteiger partial charge is 0.228 e. The molecule has 3 rings (SSSR count). The minimum atomic E-state index is 0.127. The second kappa shape index (κ2) is 5.49. The van der Waals surface area contributed by atoms with Crippen LogP contribution in [0, 0.1) is 5.92 Å². The molecular formula is C18H19NO. The third-order valence-electron chi connectivity index (χ3n) is 4.01. The van der Waals surface area contributed by atoms with Crippen LogP contribution in [0.3, 0.4) is 0 Å². The summed E-state index contributed by atoms with van der Waals surface area (Å²) in [5.41, 5.74) is 3.42. The average Bonchev–Trinajstić information content (AvgIpc) is 3.29. The van der Waals surface area contributed by atoms with Crippen LogP contribution in [-0.4, -0.2) is 5.91 Å². The fraction of sp³-hybridized carbons (Fsp3) is 0.278. The van der Waals surface area contributed by atoms with Gasteiger partial charge in [-0.3, -0.25) is 4.79 Å². The maximum Gasteiger partial charge on any atom is 0.228 e. The van der Waals surface area contributed by atoms with E-state index in [2.05, 4.69) is 30.4 Å². The molecule has 1 amide bonds. The minimum Gasteiger partial charge on any atom is -0.326 e. The van der Waals surface area contributed by atoms with Crippen molar-refractivity contribution in [1.82, 2.24) is 0 Å². The number of nitrogens with one attached hydrogen (secondary N) is 1. The highest BCUT2D eigenvalue weighted by molar-refractivity contribution is 5.95. The summed E-state index contributed by atoms with van der Waals surface area (Å²) in [6.45, 7) is 2.11. The molecule has 2 aromatic carbocycles. The molecule has 2 atom stereocenters. The Morgan fingerprint density at radius 3 is 2.55 bits per heavy atom. The van der Waals surface area contributed by atoms with Crippen molar-refractivity contribution < 1.29 is 4.79 Å². The molecule has 1 aliphatic carbocycles. The Labute approximate surface area is 119 Å². The molecule has 102 valence electrons. The van der Waals surface area contributed by atoms with Gasteiger partial charge in [0.1, 0.15) is 0 Å². The number of hydrogen-bond donors (Lipinski definition) is 1. The summed E-state index contributed by atoms with van der Waals surface area (Å²) in [6.07, 6.45) is 1.90. The molecule has 1 saturated carbocycles. The Hall–Kier alpha value is -2.09. The van der Waals surface area contributed by atoms with Crippen molar-refractivity contribution in [2.75, 3.05) is 5.32 Å². The van der Waals surface area contributed by atoms with Gasteiger partial charge >= 0.3 is 0 Å². The third-order valence-corrected chi connectivity index (χ3v) is 4.01. The van der Waals surface area contributed by atoms with Crippen LogP contribution < -0.4 is 5.32 Å². The Balaban J connectivity index is 1.67. The van der Waals surface area contributed by atoms with Gasteiger partial charge < -0.3 is 5.32 Å². The van der Waals surface area contributed by atoms with E-state index in [1.54, 1.807) is 0 Å². The Morgan fingerprint density at radius 2 is 1.80 bits per heavy atom. The van der Waals surface area contributed by atoms with E-state index < -0.39 is 0 Å². The first-order valence-electron chi connectivity index (χ1n) is 7.23. The van der Waals surface area contributed by atoms with Gasteiger partial charge in [-0.15, -0.1) is 0 Å². The zero-order valence-corrected chi connectivity index (χ0v) is 11.7. The van der Waals surface area contributed by atoms with Crippen LogP contribution in [0.5, 0.6) is 0 Å². The summed E-state index contributed by atoms with van der Waals surface area (Å²) < 4.78 is 0. The van der Waals surface area contributed by atoms with Crippen molar-refractivity contribution in [3.05, 3.63) is 65.7 Å². The van der Waals surface area contributed by atoms with Gasteiger partial charge in [0.2, 0.25) is 5.91 Å². The van der Waals surface area contributed by atoms with Crippen LogP contribution in [0.25, 0.3) is 0 Å². The first kappa shape index (κ1) is 12.9. The molecule has 0 aromatic heterocycles. The van der Waals surface area contributed by atoms with Crippen LogP contribution in [0.2, 0.25) is 0 Å². The van der Waals surface area contributed by atoms with Crippen molar-refractivity contribution >= 4 is 11.6 Å². The first-order valence-corrected chi connectivity index (χ1v) is 7.23. The molecule has 2 aromatic rings. The molecule has 20 heavy (non-hydrogen) atoms. The number of para-hydroxylation sites is 1. The Morgan fingerprint density at radius 1 is 1.10 bits per heavy atom. The molecule has 0 bridgehead atoms. The van der Waals surface area contributed by atoms with E-state index in [0.29, 0.717) is 5.92 Å². The van der Waals surface area contributed by atoms with Gasteiger partial charge in [0.15, 0.2) is 0 Å². The maximum absolute atomic E-state index is 12.3. The minimum absolute atomic E-state index is 0.127. The lowest BCUT2D eigenvalue weighted by Crippen LogP contribution is -2.15. The van der Waals surface area contributed by atoms with E-state index in [0.717, 1.165) is 18.5 Å². The van der Waals surface area contributed by atoms with E-state index in [4.69, 9.17) is 0 Å². The molecule has 0 aliphatic heterocycles. The van der Waals surface area contributed by atoms with Crippen LogP contribution in [0.4, 0.5) is 5.69 Å². The summed E-state index contributed by atoms with van der Waals surface area (Å²) in [7, 11) is 0. The van der Waals surface area contributed by atoms with Gasteiger partial charge in [-0.05, 0) is 36.0 Å². The lowest BCUT2D eigenvalue weighted by atomic mass is 10.1. The largest absolute Gasteiger partial charge is 0.326 e. The normalized spacial score (nSPS) is 20.4. The first-order chi connectivity index (χ1) is 9.79. The van der Waals surface area contributed by atoms with Crippen LogP contribution in [0.1, 0.15) is 30.4 Å². The molecule has 1 fully saturated rings. The van der Waals surface area contributed by atoms with Gasteiger partial charge in [0.05, 0.1) is 0 Å². The predicted molar refractivity (Wildman–Crippen MR) is 81.7 cm³/mol. The van der Waals surface area contributed by atoms with Gasteiger partial charge in [0.25, 0.3) is 0 Å². The summed E-state index contributed by atoms with van der Waals surface area (Å²) in [5, 5.41) is 3.08. The summed E-state index contributed by atoms with van der Waals surface area (Å²) >= 11 is 0. The maximum atomic E-state index is 12.3. The number of hydrogen-bond acceptors (Lipinski definition) is 1. The van der Waals surface area contributed by atoms with E-state index in [1.807, 2.05) is 36.4 Å². The highest BCUT2D eigenvalue weighted by Crippen LogP contribution is 2.47. The Kier molecular flexibility index (Phi) is 3.55. The number of aryl methyl sites for hydroxylation is 1. The molecule has 2 unspecified atom stereocenters. The number of amides is 1. The number of carbonyl (C=O) groups excluding carboxylic acids is 1. The standard InChI is InChI=1S/C18H19NO/c1-2-13-8-6-7-11-17(13)19-18(20)16-12-15(16)14-9-4-3-5-10-14/h3-11,15-16H,2,12H2,1H3,(H,19,20).